The summed E-state index contributed by atoms with van der Waals surface area (Å²) in [6, 6.07) is 0. The molecular formula is C9H11NO4. The number of hydrogen-bond acceptors (Lipinski definition) is 4. The van der Waals surface area contributed by atoms with E-state index in [-0.39, 0.29) is 6.73 Å². The van der Waals surface area contributed by atoms with Crippen molar-refractivity contribution in [3.63, 3.8) is 0 Å². The van der Waals surface area contributed by atoms with Crippen molar-refractivity contribution in [3.05, 3.63) is 11.1 Å². The number of rotatable bonds is 2. The van der Waals surface area contributed by atoms with E-state index in [1.54, 1.807) is 13.8 Å². The normalized spacial score (nSPS) is 16.6. The maximum Gasteiger partial charge on any atom is 0.304 e. The summed E-state index contributed by atoms with van der Waals surface area (Å²) in [7, 11) is 0. The van der Waals surface area contributed by atoms with Crippen molar-refractivity contribution in [3.8, 4) is 0 Å². The van der Waals surface area contributed by atoms with E-state index in [9.17, 15) is 14.4 Å². The lowest BCUT2D eigenvalue weighted by Crippen LogP contribution is -2.34. The third kappa shape index (κ3) is 1.66. The third-order valence-corrected chi connectivity index (χ3v) is 2.09. The minimum atomic E-state index is -0.521. The van der Waals surface area contributed by atoms with Gasteiger partial charge in [-0.05, 0) is 13.8 Å². The zero-order valence-electron chi connectivity index (χ0n) is 8.29. The monoisotopic (exact) mass is 197 g/mol. The first-order chi connectivity index (χ1) is 6.45. The molecule has 0 unspecified atom stereocenters. The Bertz CT molecular complexity index is 319. The standard InChI is InChI=1S/C9H11NO4/c1-5-6(2)9(13)10(8(5)12)4-14-7(3)11/h4H2,1-3H3. The van der Waals surface area contributed by atoms with Gasteiger partial charge < -0.3 is 4.74 Å². The highest BCUT2D eigenvalue weighted by Gasteiger charge is 2.33. The lowest BCUT2D eigenvalue weighted by Gasteiger charge is -2.13. The number of ether oxygens (including phenoxy) is 1. The number of imide groups is 1. The average molecular weight is 197 g/mol. The van der Waals surface area contributed by atoms with Crippen molar-refractivity contribution in [1.29, 1.82) is 0 Å². The van der Waals surface area contributed by atoms with E-state index >= 15 is 0 Å². The molecule has 0 atom stereocenters. The molecule has 0 bridgehead atoms. The summed E-state index contributed by atoms with van der Waals surface area (Å²) < 4.78 is 4.58. The molecule has 1 heterocycles. The van der Waals surface area contributed by atoms with Crippen molar-refractivity contribution < 1.29 is 19.1 Å². The van der Waals surface area contributed by atoms with Gasteiger partial charge in [-0.3, -0.25) is 14.4 Å². The highest BCUT2D eigenvalue weighted by molar-refractivity contribution is 6.18. The Morgan fingerprint density at radius 1 is 1.21 bits per heavy atom. The van der Waals surface area contributed by atoms with Gasteiger partial charge >= 0.3 is 5.97 Å². The number of amides is 2. The Hall–Kier alpha value is -1.65. The van der Waals surface area contributed by atoms with Crippen LogP contribution in [0.4, 0.5) is 0 Å². The first-order valence-electron chi connectivity index (χ1n) is 4.12. The van der Waals surface area contributed by atoms with Crippen molar-refractivity contribution >= 4 is 17.8 Å². The second kappa shape index (κ2) is 3.61. The van der Waals surface area contributed by atoms with Gasteiger partial charge in [0.2, 0.25) is 0 Å². The zero-order valence-corrected chi connectivity index (χ0v) is 8.29. The van der Waals surface area contributed by atoms with Gasteiger partial charge in [0.1, 0.15) is 0 Å². The number of esters is 1. The molecular weight excluding hydrogens is 186 g/mol. The molecule has 76 valence electrons. The SMILES string of the molecule is CC(=O)OCN1C(=O)C(C)=C(C)C1=O. The van der Waals surface area contributed by atoms with Crippen molar-refractivity contribution in [1.82, 2.24) is 4.90 Å². The molecule has 0 aromatic carbocycles. The molecule has 0 aromatic rings. The van der Waals surface area contributed by atoms with Gasteiger partial charge in [0.15, 0.2) is 6.73 Å². The largest absolute Gasteiger partial charge is 0.444 e. The molecule has 1 aliphatic heterocycles. The van der Waals surface area contributed by atoms with Gasteiger partial charge in [-0.15, -0.1) is 0 Å². The minimum absolute atomic E-state index is 0.304. The van der Waals surface area contributed by atoms with E-state index in [0.29, 0.717) is 11.1 Å². The molecule has 0 spiro atoms. The number of nitrogens with zero attached hydrogens (tertiary/aromatic N) is 1. The summed E-state index contributed by atoms with van der Waals surface area (Å²) in [4.78, 5) is 34.2. The first-order valence-corrected chi connectivity index (χ1v) is 4.12. The molecule has 2 amide bonds. The molecule has 5 heteroatoms. The summed E-state index contributed by atoms with van der Waals surface area (Å²) in [5, 5.41) is 0. The maximum atomic E-state index is 11.4. The second-order valence-corrected chi connectivity index (χ2v) is 3.05. The van der Waals surface area contributed by atoms with Crippen LogP contribution in [-0.4, -0.2) is 29.4 Å². The molecule has 1 aliphatic rings. The summed E-state index contributed by atoms with van der Waals surface area (Å²) in [5.41, 5.74) is 0.810. The number of hydrogen-bond donors (Lipinski definition) is 0. The Kier molecular flexibility index (Phi) is 2.69. The highest BCUT2D eigenvalue weighted by Crippen LogP contribution is 2.19. The van der Waals surface area contributed by atoms with Gasteiger partial charge in [-0.25, -0.2) is 4.90 Å². The van der Waals surface area contributed by atoms with Crippen LogP contribution < -0.4 is 0 Å². The molecule has 14 heavy (non-hydrogen) atoms. The Morgan fingerprint density at radius 3 is 2.00 bits per heavy atom. The predicted octanol–water partition coefficient (Wildman–Crippen LogP) is 0.212. The van der Waals surface area contributed by atoms with Crippen molar-refractivity contribution in [2.45, 2.75) is 20.8 Å². The smallest absolute Gasteiger partial charge is 0.304 e. The van der Waals surface area contributed by atoms with Gasteiger partial charge in [-0.1, -0.05) is 0 Å². The van der Waals surface area contributed by atoms with E-state index in [1.807, 2.05) is 0 Å². The minimum Gasteiger partial charge on any atom is -0.444 e. The van der Waals surface area contributed by atoms with E-state index < -0.39 is 17.8 Å². The van der Waals surface area contributed by atoms with E-state index in [2.05, 4.69) is 4.74 Å². The fourth-order valence-electron chi connectivity index (χ4n) is 1.09. The highest BCUT2D eigenvalue weighted by atomic mass is 16.5. The molecule has 0 saturated heterocycles. The van der Waals surface area contributed by atoms with Crippen LogP contribution >= 0.6 is 0 Å². The molecule has 0 N–H and O–H groups in total. The van der Waals surface area contributed by atoms with Crippen molar-refractivity contribution in [2.24, 2.45) is 0 Å². The first kappa shape index (κ1) is 10.4. The van der Waals surface area contributed by atoms with Crippen molar-refractivity contribution in [2.75, 3.05) is 6.73 Å². The molecule has 0 aliphatic carbocycles. The predicted molar refractivity (Wildman–Crippen MR) is 46.9 cm³/mol. The molecule has 0 aromatic heterocycles. The van der Waals surface area contributed by atoms with Crippen LogP contribution in [0.5, 0.6) is 0 Å². The quantitative estimate of drug-likeness (QED) is 0.469. The summed E-state index contributed by atoms with van der Waals surface area (Å²) >= 11 is 0. The molecule has 0 radical (unpaired) electrons. The van der Waals surface area contributed by atoms with Crippen LogP contribution in [-0.2, 0) is 19.1 Å². The topological polar surface area (TPSA) is 63.7 Å². The maximum absolute atomic E-state index is 11.4. The van der Waals surface area contributed by atoms with Gasteiger partial charge in [-0.2, -0.15) is 0 Å². The third-order valence-electron chi connectivity index (χ3n) is 2.09. The molecule has 1 rings (SSSR count). The average Bonchev–Trinajstić information content (AvgIpc) is 2.29. The fraction of sp³-hybridized carbons (Fsp3) is 0.444. The van der Waals surface area contributed by atoms with Crippen LogP contribution in [0.3, 0.4) is 0 Å². The number of carbonyl (C=O) groups is 3. The summed E-state index contributed by atoms with van der Waals surface area (Å²) in [6.07, 6.45) is 0. The van der Waals surface area contributed by atoms with Crippen LogP contribution in [0, 0.1) is 0 Å². The molecule has 0 saturated carbocycles. The van der Waals surface area contributed by atoms with Gasteiger partial charge in [0.05, 0.1) is 0 Å². The van der Waals surface area contributed by atoms with Crippen LogP contribution in [0.2, 0.25) is 0 Å². The Labute approximate surface area is 81.3 Å². The van der Waals surface area contributed by atoms with Gasteiger partial charge in [0.25, 0.3) is 11.8 Å². The van der Waals surface area contributed by atoms with Crippen LogP contribution in [0.1, 0.15) is 20.8 Å². The summed E-state index contributed by atoms with van der Waals surface area (Å²) in [5.74, 6) is -1.31. The second-order valence-electron chi connectivity index (χ2n) is 3.05. The fourth-order valence-corrected chi connectivity index (χ4v) is 1.09. The lowest BCUT2D eigenvalue weighted by molar-refractivity contribution is -0.153. The van der Waals surface area contributed by atoms with Crippen LogP contribution in [0.25, 0.3) is 0 Å². The summed E-state index contributed by atoms with van der Waals surface area (Å²) in [6.45, 7) is 4.06. The van der Waals surface area contributed by atoms with Crippen LogP contribution in [0.15, 0.2) is 11.1 Å². The van der Waals surface area contributed by atoms with E-state index in [4.69, 9.17) is 0 Å². The van der Waals surface area contributed by atoms with E-state index in [0.717, 1.165) is 4.90 Å². The van der Waals surface area contributed by atoms with E-state index in [1.165, 1.54) is 6.92 Å². The molecule has 0 fully saturated rings. The Morgan fingerprint density at radius 2 is 1.64 bits per heavy atom. The molecule has 5 nitrogen and oxygen atoms in total. The zero-order chi connectivity index (χ0) is 10.9. The Balaban J connectivity index is 2.72. The number of carbonyl (C=O) groups excluding carboxylic acids is 3. The lowest BCUT2D eigenvalue weighted by atomic mass is 10.2. The van der Waals surface area contributed by atoms with Gasteiger partial charge in [0, 0.05) is 18.1 Å².